The Kier molecular flexibility index (Phi) is 4.16. The Hall–Kier alpha value is -0.640. The molecule has 0 fully saturated rings. The van der Waals surface area contributed by atoms with Crippen molar-refractivity contribution in [1.82, 2.24) is 0 Å². The van der Waals surface area contributed by atoms with Crippen LogP contribution in [0.25, 0.3) is 0 Å². The van der Waals surface area contributed by atoms with Gasteiger partial charge in [0.15, 0.2) is 0 Å². The summed E-state index contributed by atoms with van der Waals surface area (Å²) in [6.45, 7) is 0.192. The van der Waals surface area contributed by atoms with Crippen molar-refractivity contribution in [3.8, 4) is 0 Å². The van der Waals surface area contributed by atoms with Crippen LogP contribution in [0.5, 0.6) is 0 Å². The van der Waals surface area contributed by atoms with Crippen molar-refractivity contribution in [1.29, 1.82) is 0 Å². The van der Waals surface area contributed by atoms with E-state index in [1.807, 2.05) is 12.1 Å². The average molecular weight is 297 g/mol. The van der Waals surface area contributed by atoms with Crippen LogP contribution in [0.2, 0.25) is 0 Å². The number of hydrogen-bond acceptors (Lipinski definition) is 2. The molecule has 0 aliphatic carbocycles. The van der Waals surface area contributed by atoms with Crippen molar-refractivity contribution in [2.24, 2.45) is 0 Å². The van der Waals surface area contributed by atoms with Crippen molar-refractivity contribution in [3.63, 3.8) is 0 Å². The molecule has 1 aromatic carbocycles. The number of rotatable bonds is 4. The number of thiophene rings is 1. The molecule has 16 heavy (non-hydrogen) atoms. The van der Waals surface area contributed by atoms with E-state index in [1.54, 1.807) is 11.3 Å². The second-order valence-electron chi connectivity index (χ2n) is 3.77. The maximum absolute atomic E-state index is 9.44. The van der Waals surface area contributed by atoms with Crippen LogP contribution in [-0.4, -0.2) is 11.7 Å². The Morgan fingerprint density at radius 1 is 1.19 bits per heavy atom. The van der Waals surface area contributed by atoms with E-state index in [-0.39, 0.29) is 12.5 Å². The third-order valence-corrected chi connectivity index (χ3v) is 3.88. The first-order chi connectivity index (χ1) is 7.79. The molecule has 1 nitrogen and oxygen atoms in total. The third kappa shape index (κ3) is 2.94. The van der Waals surface area contributed by atoms with E-state index in [4.69, 9.17) is 0 Å². The van der Waals surface area contributed by atoms with Crippen LogP contribution in [0, 0.1) is 0 Å². The zero-order chi connectivity index (χ0) is 11.4. The normalized spacial score (nSPS) is 12.6. The number of benzene rings is 1. The zero-order valence-corrected chi connectivity index (χ0v) is 11.2. The van der Waals surface area contributed by atoms with Gasteiger partial charge in [0, 0.05) is 10.4 Å². The second kappa shape index (κ2) is 5.62. The molecule has 0 amide bonds. The standard InChI is InChI=1S/C13H13BrOS/c14-13-3-1-11(2-4-13)12(8-15)7-10-5-6-16-9-10/h1-6,9,12,15H,7-8H2. The summed E-state index contributed by atoms with van der Waals surface area (Å²) < 4.78 is 1.07. The monoisotopic (exact) mass is 296 g/mol. The van der Waals surface area contributed by atoms with Gasteiger partial charge in [0.05, 0.1) is 6.61 Å². The van der Waals surface area contributed by atoms with E-state index < -0.39 is 0 Å². The lowest BCUT2D eigenvalue weighted by molar-refractivity contribution is 0.264. The van der Waals surface area contributed by atoms with Crippen LogP contribution in [0.1, 0.15) is 17.0 Å². The second-order valence-corrected chi connectivity index (χ2v) is 5.46. The number of halogens is 1. The zero-order valence-electron chi connectivity index (χ0n) is 8.77. The van der Waals surface area contributed by atoms with Gasteiger partial charge in [-0.1, -0.05) is 28.1 Å². The van der Waals surface area contributed by atoms with Crippen molar-refractivity contribution in [3.05, 3.63) is 56.7 Å². The van der Waals surface area contributed by atoms with Gasteiger partial charge in [-0.25, -0.2) is 0 Å². The Morgan fingerprint density at radius 3 is 2.50 bits per heavy atom. The number of hydrogen-bond donors (Lipinski definition) is 1. The highest BCUT2D eigenvalue weighted by molar-refractivity contribution is 9.10. The Morgan fingerprint density at radius 2 is 1.94 bits per heavy atom. The molecule has 1 heterocycles. The summed E-state index contributed by atoms with van der Waals surface area (Å²) in [5.74, 6) is 0.197. The molecule has 0 saturated carbocycles. The molecular formula is C13H13BrOS. The van der Waals surface area contributed by atoms with Gasteiger partial charge < -0.3 is 5.11 Å². The van der Waals surface area contributed by atoms with Gasteiger partial charge in [-0.3, -0.25) is 0 Å². The smallest absolute Gasteiger partial charge is 0.0502 e. The molecule has 2 aromatic rings. The van der Waals surface area contributed by atoms with Gasteiger partial charge in [0.25, 0.3) is 0 Å². The Balaban J connectivity index is 2.13. The van der Waals surface area contributed by atoms with E-state index in [2.05, 4.69) is 44.9 Å². The topological polar surface area (TPSA) is 20.2 Å². The summed E-state index contributed by atoms with van der Waals surface area (Å²) in [6, 6.07) is 10.3. The number of aliphatic hydroxyl groups is 1. The minimum absolute atomic E-state index is 0.192. The fraction of sp³-hybridized carbons (Fsp3) is 0.231. The maximum Gasteiger partial charge on any atom is 0.0502 e. The molecule has 0 radical (unpaired) electrons. The molecule has 3 heteroatoms. The van der Waals surface area contributed by atoms with E-state index in [0.29, 0.717) is 0 Å². The molecule has 0 saturated heterocycles. The van der Waals surface area contributed by atoms with Gasteiger partial charge in [-0.15, -0.1) is 0 Å². The largest absolute Gasteiger partial charge is 0.396 e. The molecule has 0 bridgehead atoms. The molecule has 1 aromatic heterocycles. The average Bonchev–Trinajstić information content (AvgIpc) is 2.80. The Labute approximate surface area is 108 Å². The highest BCUT2D eigenvalue weighted by Gasteiger charge is 2.11. The molecule has 1 N–H and O–H groups in total. The van der Waals surface area contributed by atoms with E-state index >= 15 is 0 Å². The quantitative estimate of drug-likeness (QED) is 0.909. The summed E-state index contributed by atoms with van der Waals surface area (Å²) in [6.07, 6.45) is 0.904. The minimum Gasteiger partial charge on any atom is -0.396 e. The first kappa shape index (κ1) is 11.8. The summed E-state index contributed by atoms with van der Waals surface area (Å²) in [4.78, 5) is 0. The molecule has 1 unspecified atom stereocenters. The van der Waals surface area contributed by atoms with Crippen LogP contribution < -0.4 is 0 Å². The van der Waals surface area contributed by atoms with Crippen LogP contribution in [-0.2, 0) is 6.42 Å². The van der Waals surface area contributed by atoms with E-state index in [9.17, 15) is 5.11 Å². The SMILES string of the molecule is OCC(Cc1ccsc1)c1ccc(Br)cc1. The fourth-order valence-electron chi connectivity index (χ4n) is 1.72. The van der Waals surface area contributed by atoms with Gasteiger partial charge in [-0.05, 0) is 46.5 Å². The first-order valence-corrected chi connectivity index (χ1v) is 6.90. The predicted octanol–water partition coefficient (Wildman–Crippen LogP) is 3.83. The van der Waals surface area contributed by atoms with Gasteiger partial charge >= 0.3 is 0 Å². The molecular weight excluding hydrogens is 284 g/mol. The summed E-state index contributed by atoms with van der Waals surface area (Å²) in [5.41, 5.74) is 2.49. The lowest BCUT2D eigenvalue weighted by Crippen LogP contribution is -2.07. The minimum atomic E-state index is 0.192. The third-order valence-electron chi connectivity index (χ3n) is 2.62. The summed E-state index contributed by atoms with van der Waals surface area (Å²) in [5, 5.41) is 13.7. The van der Waals surface area contributed by atoms with E-state index in [0.717, 1.165) is 10.9 Å². The molecule has 1 atom stereocenters. The molecule has 0 spiro atoms. The number of aliphatic hydroxyl groups excluding tert-OH is 1. The highest BCUT2D eigenvalue weighted by atomic mass is 79.9. The van der Waals surface area contributed by atoms with Crippen molar-refractivity contribution < 1.29 is 5.11 Å². The van der Waals surface area contributed by atoms with E-state index in [1.165, 1.54) is 11.1 Å². The molecule has 84 valence electrons. The lowest BCUT2D eigenvalue weighted by atomic mass is 9.94. The van der Waals surface area contributed by atoms with Crippen molar-refractivity contribution in [2.75, 3.05) is 6.61 Å². The van der Waals surface area contributed by atoms with Gasteiger partial charge in [0.1, 0.15) is 0 Å². The fourth-order valence-corrected chi connectivity index (χ4v) is 2.66. The van der Waals surface area contributed by atoms with Crippen molar-refractivity contribution in [2.45, 2.75) is 12.3 Å². The van der Waals surface area contributed by atoms with Gasteiger partial charge in [0.2, 0.25) is 0 Å². The van der Waals surface area contributed by atoms with Gasteiger partial charge in [-0.2, -0.15) is 11.3 Å². The molecule has 0 aliphatic heterocycles. The lowest BCUT2D eigenvalue weighted by Gasteiger charge is -2.13. The van der Waals surface area contributed by atoms with Crippen LogP contribution in [0.4, 0.5) is 0 Å². The summed E-state index contributed by atoms with van der Waals surface area (Å²) >= 11 is 5.12. The highest BCUT2D eigenvalue weighted by Crippen LogP contribution is 2.23. The maximum atomic E-state index is 9.44. The van der Waals surface area contributed by atoms with Crippen LogP contribution in [0.3, 0.4) is 0 Å². The molecule has 2 rings (SSSR count). The molecule has 0 aliphatic rings. The summed E-state index contributed by atoms with van der Waals surface area (Å²) in [7, 11) is 0. The van der Waals surface area contributed by atoms with Crippen LogP contribution in [0.15, 0.2) is 45.6 Å². The van der Waals surface area contributed by atoms with Crippen molar-refractivity contribution >= 4 is 27.3 Å². The predicted molar refractivity (Wildman–Crippen MR) is 72.0 cm³/mol. The first-order valence-electron chi connectivity index (χ1n) is 5.17. The van der Waals surface area contributed by atoms with Crippen LogP contribution >= 0.6 is 27.3 Å². The Bertz CT molecular complexity index is 422.